The van der Waals surface area contributed by atoms with E-state index < -0.39 is 10.0 Å². The summed E-state index contributed by atoms with van der Waals surface area (Å²) in [5.41, 5.74) is 0. The third-order valence-electron chi connectivity index (χ3n) is 3.56. The van der Waals surface area contributed by atoms with Crippen molar-refractivity contribution in [2.45, 2.75) is 24.3 Å². The molecule has 1 saturated heterocycles. The van der Waals surface area contributed by atoms with E-state index in [-0.39, 0.29) is 10.9 Å². The summed E-state index contributed by atoms with van der Waals surface area (Å²) in [7, 11) is -0.407. The lowest BCUT2D eigenvalue weighted by Crippen LogP contribution is -2.26. The highest BCUT2D eigenvalue weighted by atomic mass is 32.2. The van der Waals surface area contributed by atoms with Crippen LogP contribution in [0.3, 0.4) is 0 Å². The molecule has 0 radical (unpaired) electrons. The second kappa shape index (κ2) is 6.07. The lowest BCUT2D eigenvalue weighted by Gasteiger charge is -2.20. The fraction of sp³-hybridized carbons (Fsp3) is 0.615. The van der Waals surface area contributed by atoms with Crippen LogP contribution in [0.15, 0.2) is 23.2 Å². The van der Waals surface area contributed by atoms with Crippen LogP contribution in [-0.4, -0.2) is 51.1 Å². The molecular weight excluding hydrogens is 278 g/mol. The van der Waals surface area contributed by atoms with Gasteiger partial charge < -0.3 is 10.1 Å². The first-order valence-electron chi connectivity index (χ1n) is 6.64. The van der Waals surface area contributed by atoms with E-state index >= 15 is 0 Å². The largest absolute Gasteiger partial charge is 0.381 e. The quantitative estimate of drug-likeness (QED) is 0.883. The lowest BCUT2D eigenvalue weighted by atomic mass is 10.0. The van der Waals surface area contributed by atoms with E-state index in [9.17, 15) is 8.42 Å². The third kappa shape index (κ3) is 3.28. The van der Waals surface area contributed by atoms with Crippen LogP contribution in [0.4, 0.5) is 5.82 Å². The number of pyridine rings is 1. The average Bonchev–Trinajstić information content (AvgIpc) is 2.93. The predicted molar refractivity (Wildman–Crippen MR) is 77.1 cm³/mol. The van der Waals surface area contributed by atoms with Gasteiger partial charge in [-0.15, -0.1) is 0 Å². The lowest BCUT2D eigenvalue weighted by molar-refractivity contribution is 0.183. The molecule has 2 heterocycles. The third-order valence-corrected chi connectivity index (χ3v) is 5.36. The second-order valence-electron chi connectivity index (χ2n) is 5.22. The minimum absolute atomic E-state index is 0.199. The molecule has 2 rings (SSSR count). The highest BCUT2D eigenvalue weighted by Gasteiger charge is 2.23. The van der Waals surface area contributed by atoms with Gasteiger partial charge in [-0.05, 0) is 25.5 Å². The zero-order chi connectivity index (χ0) is 14.8. The first-order valence-corrected chi connectivity index (χ1v) is 8.08. The maximum absolute atomic E-state index is 11.9. The summed E-state index contributed by atoms with van der Waals surface area (Å²) >= 11 is 0. The molecule has 20 heavy (non-hydrogen) atoms. The fourth-order valence-electron chi connectivity index (χ4n) is 2.13. The molecule has 1 N–H and O–H groups in total. The van der Waals surface area contributed by atoms with E-state index in [1.807, 2.05) is 0 Å². The molecule has 1 aromatic heterocycles. The molecule has 6 nitrogen and oxygen atoms in total. The second-order valence-corrected chi connectivity index (χ2v) is 7.38. The van der Waals surface area contributed by atoms with Crippen molar-refractivity contribution < 1.29 is 13.2 Å². The molecule has 0 aromatic carbocycles. The molecule has 1 fully saturated rings. The Labute approximate surface area is 120 Å². The van der Waals surface area contributed by atoms with E-state index in [4.69, 9.17) is 4.74 Å². The van der Waals surface area contributed by atoms with Gasteiger partial charge in [-0.3, -0.25) is 0 Å². The number of anilines is 1. The Morgan fingerprint density at radius 3 is 2.70 bits per heavy atom. The number of hydrogen-bond acceptors (Lipinski definition) is 5. The van der Waals surface area contributed by atoms with E-state index in [2.05, 4.69) is 17.2 Å². The van der Waals surface area contributed by atoms with Crippen LogP contribution in [0.5, 0.6) is 0 Å². The van der Waals surface area contributed by atoms with Gasteiger partial charge in [-0.1, -0.05) is 0 Å². The van der Waals surface area contributed by atoms with Crippen molar-refractivity contribution in [1.82, 2.24) is 9.29 Å². The average molecular weight is 299 g/mol. The molecule has 7 heteroatoms. The SMILES string of the molecule is CC(Nc1ccc(S(=O)(=O)N(C)C)cn1)C1CCOC1. The van der Waals surface area contributed by atoms with Gasteiger partial charge in [-0.2, -0.15) is 0 Å². The maximum atomic E-state index is 11.9. The highest BCUT2D eigenvalue weighted by Crippen LogP contribution is 2.20. The number of rotatable bonds is 5. The summed E-state index contributed by atoms with van der Waals surface area (Å²) in [6.45, 7) is 3.66. The standard InChI is InChI=1S/C13H21N3O3S/c1-10(11-6-7-19-9-11)15-13-5-4-12(8-14-13)20(17,18)16(2)3/h4-5,8,10-11H,6-7,9H2,1-3H3,(H,14,15). The Morgan fingerprint density at radius 1 is 1.45 bits per heavy atom. The first-order chi connectivity index (χ1) is 9.41. The molecule has 1 aromatic rings. The van der Waals surface area contributed by atoms with Gasteiger partial charge >= 0.3 is 0 Å². The Balaban J connectivity index is 2.05. The van der Waals surface area contributed by atoms with Crippen molar-refractivity contribution in [1.29, 1.82) is 0 Å². The summed E-state index contributed by atoms with van der Waals surface area (Å²) in [6, 6.07) is 3.52. The van der Waals surface area contributed by atoms with E-state index in [1.54, 1.807) is 12.1 Å². The zero-order valence-electron chi connectivity index (χ0n) is 12.0. The first kappa shape index (κ1) is 15.2. The van der Waals surface area contributed by atoms with E-state index in [0.29, 0.717) is 11.7 Å². The highest BCUT2D eigenvalue weighted by molar-refractivity contribution is 7.89. The molecule has 1 aliphatic rings. The van der Waals surface area contributed by atoms with Crippen LogP contribution in [0.25, 0.3) is 0 Å². The minimum Gasteiger partial charge on any atom is -0.381 e. The van der Waals surface area contributed by atoms with Crippen LogP contribution >= 0.6 is 0 Å². The van der Waals surface area contributed by atoms with Gasteiger partial charge in [0.25, 0.3) is 0 Å². The molecule has 0 spiro atoms. The van der Waals surface area contributed by atoms with Gasteiger partial charge in [0.1, 0.15) is 10.7 Å². The van der Waals surface area contributed by atoms with Crippen LogP contribution in [0.1, 0.15) is 13.3 Å². The van der Waals surface area contributed by atoms with Crippen LogP contribution < -0.4 is 5.32 Å². The van der Waals surface area contributed by atoms with Crippen LogP contribution in [-0.2, 0) is 14.8 Å². The van der Waals surface area contributed by atoms with Gasteiger partial charge in [0.2, 0.25) is 10.0 Å². The minimum atomic E-state index is -3.41. The Bertz CT molecular complexity index is 536. The van der Waals surface area contributed by atoms with Crippen LogP contribution in [0, 0.1) is 5.92 Å². The molecule has 1 aliphatic heterocycles. The van der Waals surface area contributed by atoms with Crippen molar-refractivity contribution in [2.24, 2.45) is 5.92 Å². The molecule has 0 bridgehead atoms. The monoisotopic (exact) mass is 299 g/mol. The van der Waals surface area contributed by atoms with Gasteiger partial charge in [-0.25, -0.2) is 17.7 Å². The smallest absolute Gasteiger partial charge is 0.244 e. The summed E-state index contributed by atoms with van der Waals surface area (Å²) in [5.74, 6) is 1.16. The summed E-state index contributed by atoms with van der Waals surface area (Å²) in [6.07, 6.45) is 2.43. The molecule has 2 atom stereocenters. The predicted octanol–water partition coefficient (Wildman–Crippen LogP) is 1.17. The number of aromatic nitrogens is 1. The van der Waals surface area contributed by atoms with Crippen LogP contribution in [0.2, 0.25) is 0 Å². The summed E-state index contributed by atoms with van der Waals surface area (Å²) in [4.78, 5) is 4.38. The maximum Gasteiger partial charge on any atom is 0.244 e. The normalized spacial score (nSPS) is 21.1. The topological polar surface area (TPSA) is 71.5 Å². The van der Waals surface area contributed by atoms with Gasteiger partial charge in [0.15, 0.2) is 0 Å². The number of hydrogen-bond donors (Lipinski definition) is 1. The Kier molecular flexibility index (Phi) is 4.62. The van der Waals surface area contributed by atoms with Gasteiger partial charge in [0.05, 0.1) is 6.61 Å². The fourth-order valence-corrected chi connectivity index (χ4v) is 2.97. The molecule has 0 amide bonds. The van der Waals surface area contributed by atoms with Gasteiger partial charge in [0, 0.05) is 38.9 Å². The zero-order valence-corrected chi connectivity index (χ0v) is 12.9. The molecule has 0 aliphatic carbocycles. The van der Waals surface area contributed by atoms with Crippen molar-refractivity contribution in [2.75, 3.05) is 32.6 Å². The summed E-state index contributed by atoms with van der Waals surface area (Å²) < 4.78 is 30.4. The number of sulfonamides is 1. The molecule has 0 saturated carbocycles. The van der Waals surface area contributed by atoms with Crippen molar-refractivity contribution in [3.8, 4) is 0 Å². The number of nitrogens with one attached hydrogen (secondary N) is 1. The summed E-state index contributed by atoms with van der Waals surface area (Å²) in [5, 5.41) is 3.29. The van der Waals surface area contributed by atoms with E-state index in [1.165, 1.54) is 24.6 Å². The molecule has 2 unspecified atom stereocenters. The Morgan fingerprint density at radius 2 is 2.20 bits per heavy atom. The molecule has 112 valence electrons. The number of ether oxygens (including phenoxy) is 1. The van der Waals surface area contributed by atoms with Crippen molar-refractivity contribution in [3.63, 3.8) is 0 Å². The van der Waals surface area contributed by atoms with Crippen molar-refractivity contribution in [3.05, 3.63) is 18.3 Å². The molecular formula is C13H21N3O3S. The Hall–Kier alpha value is -1.18. The van der Waals surface area contributed by atoms with E-state index in [0.717, 1.165) is 19.6 Å². The van der Waals surface area contributed by atoms with Crippen molar-refractivity contribution >= 4 is 15.8 Å². The number of nitrogens with zero attached hydrogens (tertiary/aromatic N) is 2.